The van der Waals surface area contributed by atoms with Gasteiger partial charge in [0.1, 0.15) is 11.9 Å². The molecule has 7 nitrogen and oxygen atoms in total. The number of methoxy groups -OCH3 is 1. The van der Waals surface area contributed by atoms with Crippen molar-refractivity contribution >= 4 is 5.90 Å². The van der Waals surface area contributed by atoms with Gasteiger partial charge >= 0.3 is 0 Å². The lowest BCUT2D eigenvalue weighted by molar-refractivity contribution is -0.268. The van der Waals surface area contributed by atoms with E-state index in [1.165, 1.54) is 7.11 Å². The number of nitrogens with zero attached hydrogens (tertiary/aromatic N) is 3. The minimum atomic E-state index is -1.93. The van der Waals surface area contributed by atoms with Crippen molar-refractivity contribution in [3.8, 4) is 24.0 Å². The molecule has 0 aliphatic carbocycles. The Kier molecular flexibility index (Phi) is 3.49. The molecule has 2 bridgehead atoms. The van der Waals surface area contributed by atoms with E-state index in [0.717, 1.165) is 0 Å². The molecule has 1 aromatic rings. The van der Waals surface area contributed by atoms with Crippen LogP contribution in [0, 0.1) is 56.2 Å². The van der Waals surface area contributed by atoms with Crippen LogP contribution in [0.15, 0.2) is 24.3 Å². The minimum absolute atomic E-state index is 0.404. The van der Waals surface area contributed by atoms with Crippen LogP contribution >= 0.6 is 0 Å². The summed E-state index contributed by atoms with van der Waals surface area (Å²) < 4.78 is 16.8. The average molecular weight is 336 g/mol. The number of nitriles is 3. The van der Waals surface area contributed by atoms with Gasteiger partial charge in [-0.25, -0.2) is 0 Å². The SMILES string of the molecule is COc1cccc([C@@H]2O[C@@]3(C)OC(=N)[C@@](C#N)([C@@H]3C)C2(C#N)C#N)c1. The first kappa shape index (κ1) is 16.8. The predicted octanol–water partition coefficient (Wildman–Crippen LogP) is 2.67. The van der Waals surface area contributed by atoms with Gasteiger partial charge < -0.3 is 14.2 Å². The van der Waals surface area contributed by atoms with Gasteiger partial charge in [-0.1, -0.05) is 19.1 Å². The normalized spacial score (nSPS) is 35.0. The summed E-state index contributed by atoms with van der Waals surface area (Å²) >= 11 is 0. The summed E-state index contributed by atoms with van der Waals surface area (Å²) in [6, 6.07) is 12.8. The molecule has 2 aliphatic heterocycles. The van der Waals surface area contributed by atoms with Crippen LogP contribution in [0.4, 0.5) is 0 Å². The summed E-state index contributed by atoms with van der Waals surface area (Å²) in [5.74, 6) is -1.82. The van der Waals surface area contributed by atoms with E-state index in [1.807, 2.05) is 18.2 Å². The van der Waals surface area contributed by atoms with Gasteiger partial charge in [-0.15, -0.1) is 0 Å². The third-order valence-corrected chi connectivity index (χ3v) is 5.39. The number of rotatable bonds is 2. The quantitative estimate of drug-likeness (QED) is 0.885. The Morgan fingerprint density at radius 2 is 1.88 bits per heavy atom. The van der Waals surface area contributed by atoms with Crippen LogP contribution in [0.2, 0.25) is 0 Å². The maximum absolute atomic E-state index is 9.95. The molecule has 2 fully saturated rings. The Morgan fingerprint density at radius 1 is 1.20 bits per heavy atom. The second kappa shape index (κ2) is 5.21. The first-order chi connectivity index (χ1) is 11.8. The van der Waals surface area contributed by atoms with E-state index in [9.17, 15) is 15.8 Å². The van der Waals surface area contributed by atoms with E-state index in [1.54, 1.807) is 38.1 Å². The number of hydrogen-bond donors (Lipinski definition) is 1. The Hall–Kier alpha value is -3.08. The van der Waals surface area contributed by atoms with Crippen molar-refractivity contribution in [3.63, 3.8) is 0 Å². The van der Waals surface area contributed by atoms with Gasteiger partial charge in [0, 0.05) is 6.92 Å². The van der Waals surface area contributed by atoms with Crippen molar-refractivity contribution in [1.29, 1.82) is 21.2 Å². The van der Waals surface area contributed by atoms with Crippen molar-refractivity contribution in [3.05, 3.63) is 29.8 Å². The maximum atomic E-state index is 9.95. The van der Waals surface area contributed by atoms with Crippen LogP contribution in [0.3, 0.4) is 0 Å². The fourth-order valence-electron chi connectivity index (χ4n) is 3.81. The highest BCUT2D eigenvalue weighted by Gasteiger charge is 2.78. The smallest absolute Gasteiger partial charge is 0.214 e. The second-order valence-electron chi connectivity index (χ2n) is 6.39. The molecular formula is C18H16N4O3. The third kappa shape index (κ3) is 1.78. The Balaban J connectivity index is 2.31. The monoisotopic (exact) mass is 336 g/mol. The van der Waals surface area contributed by atoms with Crippen molar-refractivity contribution in [2.75, 3.05) is 7.11 Å². The zero-order valence-corrected chi connectivity index (χ0v) is 14.0. The van der Waals surface area contributed by atoms with Crippen molar-refractivity contribution in [2.24, 2.45) is 16.7 Å². The Morgan fingerprint density at radius 3 is 2.44 bits per heavy atom. The first-order valence-corrected chi connectivity index (χ1v) is 7.68. The topological polar surface area (TPSA) is 123 Å². The van der Waals surface area contributed by atoms with E-state index < -0.39 is 34.5 Å². The highest BCUT2D eigenvalue weighted by atomic mass is 16.7. The third-order valence-electron chi connectivity index (χ3n) is 5.39. The van der Waals surface area contributed by atoms with E-state index in [-0.39, 0.29) is 0 Å². The van der Waals surface area contributed by atoms with Crippen LogP contribution in [0.5, 0.6) is 5.75 Å². The van der Waals surface area contributed by atoms with Gasteiger partial charge in [-0.05, 0) is 17.7 Å². The van der Waals surface area contributed by atoms with Gasteiger partial charge in [0.25, 0.3) is 0 Å². The summed E-state index contributed by atoms with van der Waals surface area (Å²) in [4.78, 5) is 0. The molecule has 4 atom stereocenters. The molecule has 0 radical (unpaired) electrons. The molecule has 0 aromatic heterocycles. The van der Waals surface area contributed by atoms with E-state index >= 15 is 0 Å². The lowest BCUT2D eigenvalue weighted by Gasteiger charge is -2.47. The highest BCUT2D eigenvalue weighted by Crippen LogP contribution is 2.66. The van der Waals surface area contributed by atoms with Gasteiger partial charge in [0.15, 0.2) is 5.41 Å². The fraction of sp³-hybridized carbons (Fsp3) is 0.444. The number of benzene rings is 1. The summed E-state index contributed by atoms with van der Waals surface area (Å²) in [7, 11) is 1.51. The Labute approximate surface area is 145 Å². The largest absolute Gasteiger partial charge is 0.497 e. The maximum Gasteiger partial charge on any atom is 0.214 e. The molecular weight excluding hydrogens is 320 g/mol. The molecule has 2 aliphatic rings. The lowest BCUT2D eigenvalue weighted by Crippen LogP contribution is -2.57. The minimum Gasteiger partial charge on any atom is -0.497 e. The molecule has 0 amide bonds. The number of nitrogens with one attached hydrogen (secondary N) is 1. The number of ether oxygens (including phenoxy) is 3. The number of fused-ring (bicyclic) bond motifs is 2. The summed E-state index contributed by atoms with van der Waals surface area (Å²) in [6.07, 6.45) is -1.07. The van der Waals surface area contributed by atoms with Gasteiger partial charge in [-0.2, -0.15) is 15.8 Å². The molecule has 1 N–H and O–H groups in total. The standard InChI is InChI=1S/C18H16N4O3/c1-11-16(2)24-14(12-5-4-6-13(7-12)23-3)17(8-19,9-20)18(11,10-21)15(22)25-16/h4-7,11,14,22H,1-3H3/t11-,14+,16+,18-/m1/s1. The molecule has 25 heavy (non-hydrogen) atoms. The zero-order valence-electron chi connectivity index (χ0n) is 14.0. The Bertz CT molecular complexity index is 864. The van der Waals surface area contributed by atoms with Crippen molar-refractivity contribution < 1.29 is 14.2 Å². The molecule has 3 rings (SSSR count). The lowest BCUT2D eigenvalue weighted by atomic mass is 9.54. The molecule has 0 spiro atoms. The summed E-state index contributed by atoms with van der Waals surface area (Å²) in [6.45, 7) is 3.28. The van der Waals surface area contributed by atoms with E-state index in [4.69, 9.17) is 19.6 Å². The van der Waals surface area contributed by atoms with Gasteiger partial charge in [-0.3, -0.25) is 5.41 Å². The van der Waals surface area contributed by atoms with Crippen molar-refractivity contribution in [2.45, 2.75) is 25.7 Å². The molecule has 0 saturated carbocycles. The van der Waals surface area contributed by atoms with E-state index in [2.05, 4.69) is 0 Å². The van der Waals surface area contributed by atoms with Crippen molar-refractivity contribution in [1.82, 2.24) is 0 Å². The number of hydrogen-bond acceptors (Lipinski definition) is 7. The van der Waals surface area contributed by atoms with Gasteiger partial charge in [0.05, 0.1) is 31.2 Å². The predicted molar refractivity (Wildman–Crippen MR) is 84.9 cm³/mol. The van der Waals surface area contributed by atoms with Crippen LogP contribution in [0.25, 0.3) is 0 Å². The summed E-state index contributed by atoms with van der Waals surface area (Å²) in [5, 5.41) is 38.1. The zero-order chi connectivity index (χ0) is 18.5. The highest BCUT2D eigenvalue weighted by molar-refractivity contribution is 5.89. The average Bonchev–Trinajstić information content (AvgIpc) is 2.77. The van der Waals surface area contributed by atoms with Crippen LogP contribution in [-0.4, -0.2) is 18.8 Å². The molecule has 1 aromatic carbocycles. The second-order valence-corrected chi connectivity index (χ2v) is 6.39. The van der Waals surface area contributed by atoms with Crippen LogP contribution < -0.4 is 4.74 Å². The molecule has 126 valence electrons. The molecule has 2 heterocycles. The summed E-state index contributed by atoms with van der Waals surface area (Å²) in [5.41, 5.74) is -3.14. The molecule has 7 heteroatoms. The first-order valence-electron chi connectivity index (χ1n) is 7.68. The fourth-order valence-corrected chi connectivity index (χ4v) is 3.81. The van der Waals surface area contributed by atoms with Crippen LogP contribution in [-0.2, 0) is 9.47 Å². The van der Waals surface area contributed by atoms with E-state index in [0.29, 0.717) is 11.3 Å². The van der Waals surface area contributed by atoms with Gasteiger partial charge in [0.2, 0.25) is 17.1 Å². The molecule has 2 saturated heterocycles. The molecule has 0 unspecified atom stereocenters. The van der Waals surface area contributed by atoms with Crippen LogP contribution in [0.1, 0.15) is 25.5 Å².